The minimum atomic E-state index is 0.551. The van der Waals surface area contributed by atoms with Crippen molar-refractivity contribution in [2.24, 2.45) is 0 Å². The molecule has 0 radical (unpaired) electrons. The predicted molar refractivity (Wildman–Crippen MR) is 232 cm³/mol. The lowest BCUT2D eigenvalue weighted by atomic mass is 10.0. The van der Waals surface area contributed by atoms with E-state index in [0.717, 1.165) is 82.7 Å². The Morgan fingerprint density at radius 1 is 0.351 bits per heavy atom. The van der Waals surface area contributed by atoms with Gasteiger partial charge in [-0.2, -0.15) is 9.97 Å². The number of nitrogens with zero attached hydrogens (tertiary/aromatic N) is 5. The molecule has 0 saturated heterocycles. The van der Waals surface area contributed by atoms with Gasteiger partial charge in [-0.15, -0.1) is 0 Å². The molecule has 0 N–H and O–H groups in total. The first-order valence-electron chi connectivity index (χ1n) is 19.1. The molecule has 266 valence electrons. The topological polar surface area (TPSA) is 61.7 Å². The van der Waals surface area contributed by atoms with E-state index in [-0.39, 0.29) is 0 Å². The van der Waals surface area contributed by atoms with Crippen molar-refractivity contribution in [1.82, 2.24) is 24.1 Å². The summed E-state index contributed by atoms with van der Waals surface area (Å²) in [6.07, 6.45) is 0. The zero-order valence-electron chi connectivity index (χ0n) is 30.5. The summed E-state index contributed by atoms with van der Waals surface area (Å²) >= 11 is 0. The maximum atomic E-state index is 6.56. The predicted octanol–water partition coefficient (Wildman–Crippen LogP) is 13.0. The quantitative estimate of drug-likeness (QED) is 0.177. The number of rotatable bonds is 5. The van der Waals surface area contributed by atoms with E-state index in [9.17, 15) is 0 Å². The zero-order valence-corrected chi connectivity index (χ0v) is 30.5. The highest BCUT2D eigenvalue weighted by atomic mass is 16.3. The molecule has 0 atom stereocenters. The molecule has 12 rings (SSSR count). The number of hydrogen-bond donors (Lipinski definition) is 0. The van der Waals surface area contributed by atoms with E-state index >= 15 is 0 Å². The maximum absolute atomic E-state index is 6.56. The maximum Gasteiger partial charge on any atom is 0.238 e. The average molecular weight is 730 g/mol. The number of benzene rings is 8. The van der Waals surface area contributed by atoms with Crippen LogP contribution in [0, 0.1) is 0 Å². The first kappa shape index (κ1) is 31.5. The second-order valence-corrected chi connectivity index (χ2v) is 14.4. The van der Waals surface area contributed by atoms with E-state index in [1.165, 1.54) is 10.8 Å². The first-order valence-corrected chi connectivity index (χ1v) is 19.1. The average Bonchev–Trinajstić information content (AvgIpc) is 3.94. The van der Waals surface area contributed by atoms with Gasteiger partial charge >= 0.3 is 0 Å². The van der Waals surface area contributed by atoms with Gasteiger partial charge < -0.3 is 8.98 Å². The smallest absolute Gasteiger partial charge is 0.238 e. The molecule has 0 aliphatic carbocycles. The summed E-state index contributed by atoms with van der Waals surface area (Å²) in [4.78, 5) is 15.8. The van der Waals surface area contributed by atoms with Crippen LogP contribution in [-0.2, 0) is 0 Å². The van der Waals surface area contributed by atoms with Gasteiger partial charge in [0.15, 0.2) is 11.6 Å². The molecular weight excluding hydrogens is 699 g/mol. The Morgan fingerprint density at radius 2 is 0.877 bits per heavy atom. The summed E-state index contributed by atoms with van der Waals surface area (Å²) in [5.41, 5.74) is 11.1. The normalized spacial score (nSPS) is 11.9. The van der Waals surface area contributed by atoms with Gasteiger partial charge in [0.2, 0.25) is 5.95 Å². The van der Waals surface area contributed by atoms with Crippen LogP contribution in [0.3, 0.4) is 0 Å². The van der Waals surface area contributed by atoms with Gasteiger partial charge in [0.1, 0.15) is 11.2 Å². The summed E-state index contributed by atoms with van der Waals surface area (Å²) in [5, 5.41) is 6.68. The van der Waals surface area contributed by atoms with Gasteiger partial charge in [0.25, 0.3) is 0 Å². The molecule has 57 heavy (non-hydrogen) atoms. The molecule has 12 aromatic rings. The molecule has 0 saturated carbocycles. The fraction of sp³-hybridized carbons (Fsp3) is 0. The summed E-state index contributed by atoms with van der Waals surface area (Å²) in [5.74, 6) is 1.71. The summed E-state index contributed by atoms with van der Waals surface area (Å²) in [6, 6.07) is 65.5. The van der Waals surface area contributed by atoms with Crippen LogP contribution in [0.2, 0.25) is 0 Å². The Kier molecular flexibility index (Phi) is 6.83. The standard InChI is InChI=1S/C51H31N5O/c1-2-13-32(14-3-1)33-25-27-34(28-26-33)49-52-50(54-51(53-49)56-44-22-10-6-17-38(44)39-18-7-11-23-45(39)56)40-19-12-24-47-48(40)41-31-35(29-30-46(41)57-47)55-42-20-8-4-15-36(42)37-16-5-9-21-43(37)55/h1-31H. The summed E-state index contributed by atoms with van der Waals surface area (Å²) < 4.78 is 11.1. The van der Waals surface area contributed by atoms with Gasteiger partial charge in [-0.3, -0.25) is 4.57 Å². The summed E-state index contributed by atoms with van der Waals surface area (Å²) in [7, 11) is 0. The van der Waals surface area contributed by atoms with Crippen LogP contribution in [0.4, 0.5) is 0 Å². The fourth-order valence-electron chi connectivity index (χ4n) is 8.64. The Hall–Kier alpha value is -7.83. The van der Waals surface area contributed by atoms with E-state index in [1.54, 1.807) is 0 Å². The fourth-order valence-corrected chi connectivity index (χ4v) is 8.64. The van der Waals surface area contributed by atoms with E-state index in [2.05, 4.69) is 179 Å². The molecule has 0 bridgehead atoms. The van der Waals surface area contributed by atoms with Crippen molar-refractivity contribution in [3.8, 4) is 45.5 Å². The van der Waals surface area contributed by atoms with Crippen LogP contribution in [0.25, 0.3) is 111 Å². The van der Waals surface area contributed by atoms with E-state index in [0.29, 0.717) is 17.6 Å². The lowest BCUT2D eigenvalue weighted by Gasteiger charge is -2.12. The van der Waals surface area contributed by atoms with Crippen LogP contribution in [0.5, 0.6) is 0 Å². The molecule has 6 nitrogen and oxygen atoms in total. The largest absolute Gasteiger partial charge is 0.456 e. The highest BCUT2D eigenvalue weighted by Gasteiger charge is 2.21. The number of fused-ring (bicyclic) bond motifs is 9. The number of aromatic nitrogens is 5. The molecule has 0 fully saturated rings. The Morgan fingerprint density at radius 3 is 1.51 bits per heavy atom. The minimum Gasteiger partial charge on any atom is -0.456 e. The Balaban J connectivity index is 1.11. The lowest BCUT2D eigenvalue weighted by Crippen LogP contribution is -2.06. The highest BCUT2D eigenvalue weighted by molar-refractivity contribution is 6.14. The molecule has 4 aromatic heterocycles. The molecule has 0 aliphatic rings. The summed E-state index contributed by atoms with van der Waals surface area (Å²) in [6.45, 7) is 0. The van der Waals surface area contributed by atoms with E-state index < -0.39 is 0 Å². The molecule has 8 aromatic carbocycles. The number of hydrogen-bond acceptors (Lipinski definition) is 4. The number of para-hydroxylation sites is 4. The van der Waals surface area contributed by atoms with Crippen LogP contribution < -0.4 is 0 Å². The highest BCUT2D eigenvalue weighted by Crippen LogP contribution is 2.40. The second kappa shape index (κ2) is 12.3. The van der Waals surface area contributed by atoms with Gasteiger partial charge in [0, 0.05) is 49.1 Å². The van der Waals surface area contributed by atoms with E-state index in [1.807, 2.05) is 18.2 Å². The van der Waals surface area contributed by atoms with Crippen LogP contribution in [-0.4, -0.2) is 24.1 Å². The van der Waals surface area contributed by atoms with Crippen molar-refractivity contribution in [3.05, 3.63) is 188 Å². The van der Waals surface area contributed by atoms with Crippen LogP contribution >= 0.6 is 0 Å². The lowest BCUT2D eigenvalue weighted by molar-refractivity contribution is 0.669. The third-order valence-corrected chi connectivity index (χ3v) is 11.2. The minimum absolute atomic E-state index is 0.551. The Bertz CT molecular complexity index is 3410. The molecule has 0 aliphatic heterocycles. The SMILES string of the molecule is c1ccc(-c2ccc(-c3nc(-c4cccc5oc6ccc(-n7c8ccccc8c8ccccc87)cc6c45)nc(-n4c5ccccc5c5ccccc54)n3)cc2)cc1. The third kappa shape index (κ3) is 4.87. The van der Waals surface area contributed by atoms with Crippen molar-refractivity contribution in [2.45, 2.75) is 0 Å². The Labute approximate surface area is 326 Å². The van der Waals surface area contributed by atoms with Crippen molar-refractivity contribution in [1.29, 1.82) is 0 Å². The molecule has 4 heterocycles. The van der Waals surface area contributed by atoms with Crippen molar-refractivity contribution >= 4 is 65.6 Å². The molecule has 0 amide bonds. The van der Waals surface area contributed by atoms with Crippen LogP contribution in [0.1, 0.15) is 0 Å². The molecule has 0 spiro atoms. The molecule has 6 heteroatoms. The number of furan rings is 1. The van der Waals surface area contributed by atoms with Gasteiger partial charge in [-0.25, -0.2) is 4.98 Å². The van der Waals surface area contributed by atoms with Gasteiger partial charge in [0.05, 0.1) is 22.1 Å². The molecular formula is C51H31N5O. The third-order valence-electron chi connectivity index (χ3n) is 11.2. The first-order chi connectivity index (χ1) is 28.3. The van der Waals surface area contributed by atoms with Gasteiger partial charge in [-0.05, 0) is 59.7 Å². The van der Waals surface area contributed by atoms with E-state index in [4.69, 9.17) is 19.4 Å². The van der Waals surface area contributed by atoms with Crippen molar-refractivity contribution in [2.75, 3.05) is 0 Å². The second-order valence-electron chi connectivity index (χ2n) is 14.4. The van der Waals surface area contributed by atoms with Gasteiger partial charge in [-0.1, -0.05) is 140 Å². The van der Waals surface area contributed by atoms with Crippen molar-refractivity contribution < 1.29 is 4.42 Å². The molecule has 0 unspecified atom stereocenters. The zero-order chi connectivity index (χ0) is 37.5. The van der Waals surface area contributed by atoms with Crippen molar-refractivity contribution in [3.63, 3.8) is 0 Å². The monoisotopic (exact) mass is 729 g/mol. The van der Waals surface area contributed by atoms with Crippen LogP contribution in [0.15, 0.2) is 192 Å².